The van der Waals surface area contributed by atoms with Gasteiger partial charge >= 0.3 is 0 Å². The monoisotopic (exact) mass is 245 g/mol. The van der Waals surface area contributed by atoms with Gasteiger partial charge in [-0.05, 0) is 6.07 Å². The minimum atomic E-state index is -0.0485. The fourth-order valence-electron chi connectivity index (χ4n) is 2.30. The number of hydrogen-bond donors (Lipinski definition) is 1. The van der Waals surface area contributed by atoms with Crippen LogP contribution in [0.2, 0.25) is 0 Å². The Balaban J connectivity index is 1.78. The second kappa shape index (κ2) is 4.73. The van der Waals surface area contributed by atoms with E-state index in [9.17, 15) is 4.79 Å². The molecule has 3 rings (SSSR count). The van der Waals surface area contributed by atoms with E-state index in [2.05, 4.69) is 20.0 Å². The molecule has 0 aliphatic carbocycles. The molecule has 2 aromatic rings. The summed E-state index contributed by atoms with van der Waals surface area (Å²) in [7, 11) is 0. The minimum Gasteiger partial charge on any atom is -0.333 e. The van der Waals surface area contributed by atoms with Crippen LogP contribution in [0.15, 0.2) is 35.5 Å². The van der Waals surface area contributed by atoms with Crippen LogP contribution in [0.4, 0.5) is 0 Å². The maximum atomic E-state index is 11.6. The Kier molecular flexibility index (Phi) is 2.93. The van der Waals surface area contributed by atoms with E-state index in [1.807, 2.05) is 12.4 Å². The Morgan fingerprint density at radius 3 is 3.28 bits per heavy atom. The van der Waals surface area contributed by atoms with Crippen molar-refractivity contribution >= 4 is 0 Å². The molecule has 18 heavy (non-hydrogen) atoms. The summed E-state index contributed by atoms with van der Waals surface area (Å²) in [5.41, 5.74) is -0.0485. The van der Waals surface area contributed by atoms with E-state index in [4.69, 9.17) is 0 Å². The molecule has 0 fully saturated rings. The topological polar surface area (TPSA) is 64.7 Å². The van der Waals surface area contributed by atoms with Gasteiger partial charge in [0.05, 0.1) is 13.1 Å². The molecule has 0 radical (unpaired) electrons. The van der Waals surface area contributed by atoms with Gasteiger partial charge < -0.3 is 9.88 Å². The number of imidazole rings is 1. The van der Waals surface area contributed by atoms with Gasteiger partial charge in [-0.25, -0.2) is 9.67 Å². The van der Waals surface area contributed by atoms with Crippen molar-refractivity contribution in [2.24, 2.45) is 5.92 Å². The second-order valence-electron chi connectivity index (χ2n) is 4.54. The Bertz CT molecular complexity index is 588. The molecule has 0 amide bonds. The van der Waals surface area contributed by atoms with Gasteiger partial charge in [0, 0.05) is 43.7 Å². The highest BCUT2D eigenvalue weighted by atomic mass is 16.1. The lowest BCUT2D eigenvalue weighted by atomic mass is 10.1. The van der Waals surface area contributed by atoms with E-state index < -0.39 is 0 Å². The number of fused-ring (bicyclic) bond motifs is 1. The van der Waals surface area contributed by atoms with Crippen molar-refractivity contribution in [3.05, 3.63) is 46.9 Å². The molecule has 94 valence electrons. The van der Waals surface area contributed by atoms with Crippen molar-refractivity contribution < 1.29 is 0 Å². The number of rotatable bonds is 2. The summed E-state index contributed by atoms with van der Waals surface area (Å²) in [6.45, 7) is 3.14. The number of nitrogens with zero attached hydrogens (tertiary/aromatic N) is 4. The van der Waals surface area contributed by atoms with Gasteiger partial charge in [-0.3, -0.25) is 4.79 Å². The lowest BCUT2D eigenvalue weighted by molar-refractivity contribution is 0.358. The minimum absolute atomic E-state index is 0.0485. The smallest absolute Gasteiger partial charge is 0.266 e. The predicted octanol–water partition coefficient (Wildman–Crippen LogP) is -0.141. The Morgan fingerprint density at radius 1 is 1.44 bits per heavy atom. The molecular formula is C12H15N5O. The summed E-state index contributed by atoms with van der Waals surface area (Å²) in [5, 5.41) is 7.45. The first-order valence-corrected chi connectivity index (χ1v) is 6.06. The van der Waals surface area contributed by atoms with Crippen LogP contribution in [-0.4, -0.2) is 25.9 Å². The van der Waals surface area contributed by atoms with Crippen LogP contribution >= 0.6 is 0 Å². The van der Waals surface area contributed by atoms with Crippen LogP contribution in [-0.2, 0) is 19.6 Å². The lowest BCUT2D eigenvalue weighted by Gasteiger charge is -2.15. The molecule has 1 atom stereocenters. The van der Waals surface area contributed by atoms with Gasteiger partial charge in [0.15, 0.2) is 0 Å². The highest BCUT2D eigenvalue weighted by Crippen LogP contribution is 2.10. The first kappa shape index (κ1) is 11.2. The van der Waals surface area contributed by atoms with E-state index >= 15 is 0 Å². The maximum Gasteiger partial charge on any atom is 0.266 e. The molecule has 3 heterocycles. The normalized spacial score (nSPS) is 19.2. The first-order valence-electron chi connectivity index (χ1n) is 6.06. The Labute approximate surface area is 104 Å². The molecule has 6 heteroatoms. The molecular weight excluding hydrogens is 230 g/mol. The fourth-order valence-corrected chi connectivity index (χ4v) is 2.30. The van der Waals surface area contributed by atoms with Gasteiger partial charge in [-0.1, -0.05) is 0 Å². The second-order valence-corrected chi connectivity index (χ2v) is 4.54. The van der Waals surface area contributed by atoms with Crippen LogP contribution in [0.1, 0.15) is 5.82 Å². The van der Waals surface area contributed by atoms with E-state index in [0.717, 1.165) is 25.5 Å². The predicted molar refractivity (Wildman–Crippen MR) is 65.9 cm³/mol. The molecule has 1 aliphatic heterocycles. The lowest BCUT2D eigenvalue weighted by Crippen LogP contribution is -2.31. The zero-order chi connectivity index (χ0) is 12.4. The molecule has 0 spiro atoms. The van der Waals surface area contributed by atoms with Gasteiger partial charge in [0.2, 0.25) is 0 Å². The largest absolute Gasteiger partial charge is 0.333 e. The summed E-state index contributed by atoms with van der Waals surface area (Å²) in [4.78, 5) is 15.9. The van der Waals surface area contributed by atoms with Crippen LogP contribution in [0, 0.1) is 5.92 Å². The van der Waals surface area contributed by atoms with Crippen molar-refractivity contribution in [1.82, 2.24) is 24.6 Å². The first-order chi connectivity index (χ1) is 8.83. The fraction of sp³-hybridized carbons (Fsp3) is 0.417. The quantitative estimate of drug-likeness (QED) is 0.800. The molecule has 0 saturated heterocycles. The van der Waals surface area contributed by atoms with E-state index in [-0.39, 0.29) is 5.56 Å². The summed E-state index contributed by atoms with van der Waals surface area (Å²) < 4.78 is 3.66. The van der Waals surface area contributed by atoms with Gasteiger partial charge in [-0.15, -0.1) is 0 Å². The molecule has 1 aliphatic rings. The number of hydrogen-bond acceptors (Lipinski definition) is 4. The zero-order valence-electron chi connectivity index (χ0n) is 9.99. The Hall–Kier alpha value is -1.95. The summed E-state index contributed by atoms with van der Waals surface area (Å²) in [6, 6.07) is 3.21. The van der Waals surface area contributed by atoms with Gasteiger partial charge in [-0.2, -0.15) is 5.10 Å². The summed E-state index contributed by atoms with van der Waals surface area (Å²) in [5.74, 6) is 1.39. The third kappa shape index (κ3) is 2.19. The third-order valence-electron chi connectivity index (χ3n) is 3.19. The SMILES string of the molecule is O=c1cccnn1C[C@@H]1CNCc2nccn2C1. The van der Waals surface area contributed by atoms with E-state index in [1.165, 1.54) is 4.68 Å². The number of nitrogens with one attached hydrogen (secondary N) is 1. The maximum absolute atomic E-state index is 11.6. The molecule has 0 aromatic carbocycles. The average Bonchev–Trinajstić information content (AvgIpc) is 2.71. The van der Waals surface area contributed by atoms with Crippen LogP contribution < -0.4 is 10.9 Å². The number of aromatic nitrogens is 4. The van der Waals surface area contributed by atoms with Crippen LogP contribution in [0.3, 0.4) is 0 Å². The van der Waals surface area contributed by atoms with E-state index in [1.54, 1.807) is 18.3 Å². The van der Waals surface area contributed by atoms with Crippen molar-refractivity contribution in [2.45, 2.75) is 19.6 Å². The molecule has 1 N–H and O–H groups in total. The highest BCUT2D eigenvalue weighted by Gasteiger charge is 2.17. The Morgan fingerprint density at radius 2 is 2.39 bits per heavy atom. The standard InChI is InChI=1S/C12H15N5O/c18-12-2-1-3-15-17(12)9-10-6-13-7-11-14-4-5-16(11)8-10/h1-5,10,13H,6-9H2/t10-/m1/s1. The van der Waals surface area contributed by atoms with Gasteiger partial charge in [0.25, 0.3) is 5.56 Å². The zero-order valence-corrected chi connectivity index (χ0v) is 9.99. The molecule has 0 saturated carbocycles. The average molecular weight is 245 g/mol. The summed E-state index contributed by atoms with van der Waals surface area (Å²) in [6.07, 6.45) is 5.44. The van der Waals surface area contributed by atoms with Crippen molar-refractivity contribution in [2.75, 3.05) is 6.54 Å². The third-order valence-corrected chi connectivity index (χ3v) is 3.19. The van der Waals surface area contributed by atoms with Crippen molar-refractivity contribution in [1.29, 1.82) is 0 Å². The van der Waals surface area contributed by atoms with Crippen molar-refractivity contribution in [3.63, 3.8) is 0 Å². The molecule has 0 bridgehead atoms. The molecule has 2 aromatic heterocycles. The molecule has 0 unspecified atom stereocenters. The van der Waals surface area contributed by atoms with Crippen LogP contribution in [0.25, 0.3) is 0 Å². The highest BCUT2D eigenvalue weighted by molar-refractivity contribution is 4.95. The van der Waals surface area contributed by atoms with E-state index in [0.29, 0.717) is 12.5 Å². The molecule has 6 nitrogen and oxygen atoms in total. The summed E-state index contributed by atoms with van der Waals surface area (Å²) >= 11 is 0. The van der Waals surface area contributed by atoms with Crippen LogP contribution in [0.5, 0.6) is 0 Å². The van der Waals surface area contributed by atoms with Crippen molar-refractivity contribution in [3.8, 4) is 0 Å². The van der Waals surface area contributed by atoms with Gasteiger partial charge in [0.1, 0.15) is 5.82 Å².